The molecule has 1 unspecified atom stereocenters. The fourth-order valence-corrected chi connectivity index (χ4v) is 0.717. The molecule has 0 rings (SSSR count). The van der Waals surface area contributed by atoms with E-state index in [0.717, 1.165) is 0 Å². The molecule has 0 aromatic carbocycles. The molecule has 0 heterocycles. The topological polar surface area (TPSA) is 147 Å². The fourth-order valence-electron chi connectivity index (χ4n) is 0.717. The molecular formula is C6H6K2O8. The van der Waals surface area contributed by atoms with Crippen molar-refractivity contribution in [2.24, 2.45) is 0 Å². The van der Waals surface area contributed by atoms with Crippen LogP contribution in [0.25, 0.3) is 0 Å². The second-order valence-electron chi connectivity index (χ2n) is 2.51. The first-order valence-corrected chi connectivity index (χ1v) is 3.30. The second-order valence-corrected chi connectivity index (χ2v) is 2.51. The molecular weight excluding hydrogens is 278 g/mol. The summed E-state index contributed by atoms with van der Waals surface area (Å²) in [6.07, 6.45) is -2.59. The molecule has 0 aliphatic rings. The first-order chi connectivity index (χ1) is 6.31. The summed E-state index contributed by atoms with van der Waals surface area (Å²) in [6, 6.07) is 0. The average molecular weight is 284 g/mol. The van der Waals surface area contributed by atoms with Gasteiger partial charge in [-0.05, 0) is 0 Å². The van der Waals surface area contributed by atoms with Crippen LogP contribution in [-0.4, -0.2) is 33.9 Å². The van der Waals surface area contributed by atoms with Crippen molar-refractivity contribution in [2.45, 2.75) is 18.4 Å². The van der Waals surface area contributed by atoms with E-state index in [-0.39, 0.29) is 103 Å². The predicted molar refractivity (Wildman–Crippen MR) is 32.9 cm³/mol. The number of rotatable bonds is 5. The Kier molecular flexibility index (Phi) is 15.0. The van der Waals surface area contributed by atoms with E-state index in [9.17, 15) is 24.6 Å². The minimum atomic E-state index is -2.95. The van der Waals surface area contributed by atoms with Crippen molar-refractivity contribution in [3.05, 3.63) is 0 Å². The monoisotopic (exact) mass is 284 g/mol. The number of hydrogen-bond acceptors (Lipinski definition) is 8. The van der Waals surface area contributed by atoms with Crippen LogP contribution in [0.4, 0.5) is 0 Å². The molecule has 0 saturated carbocycles. The van der Waals surface area contributed by atoms with Gasteiger partial charge in [-0.2, -0.15) is 5.26 Å². The maximum absolute atomic E-state index is 10.4. The molecule has 0 spiro atoms. The normalized spacial score (nSPS) is 12.4. The van der Waals surface area contributed by atoms with Crippen molar-refractivity contribution in [2.75, 3.05) is 0 Å². The van der Waals surface area contributed by atoms with Crippen molar-refractivity contribution < 1.29 is 143 Å². The molecule has 80 valence electrons. The van der Waals surface area contributed by atoms with Crippen LogP contribution >= 0.6 is 0 Å². The van der Waals surface area contributed by atoms with E-state index in [1.54, 1.807) is 0 Å². The van der Waals surface area contributed by atoms with Gasteiger partial charge in [-0.15, -0.1) is 0 Å². The standard InChI is InChI=1S/C6H8O8.2K/c7-3(8)1-6(12,5(10)11)2-4(9)14-13;;/h12-13H,1-2H2,(H,7,8)(H,10,11);;/q;2*+1/p-2. The molecule has 8 nitrogen and oxygen atoms in total. The average Bonchev–Trinajstić information content (AvgIpc) is 2.02. The second kappa shape index (κ2) is 10.5. The fraction of sp³-hybridized carbons (Fsp3) is 0.500. The molecule has 0 saturated heterocycles. The minimum absolute atomic E-state index is 0. The Labute approximate surface area is 175 Å². The van der Waals surface area contributed by atoms with Gasteiger partial charge in [-0.1, -0.05) is 0 Å². The molecule has 0 aliphatic carbocycles. The van der Waals surface area contributed by atoms with E-state index in [4.69, 9.17) is 10.4 Å². The van der Waals surface area contributed by atoms with Gasteiger partial charge < -0.3 is 29.8 Å². The van der Waals surface area contributed by atoms with Gasteiger partial charge in [0.15, 0.2) is 0 Å². The van der Waals surface area contributed by atoms with Crippen molar-refractivity contribution in [1.82, 2.24) is 0 Å². The molecule has 10 heteroatoms. The Morgan fingerprint density at radius 3 is 1.81 bits per heavy atom. The number of hydrogen-bond donors (Lipinski definition) is 2. The first-order valence-electron chi connectivity index (χ1n) is 3.30. The zero-order valence-electron chi connectivity index (χ0n) is 8.76. The van der Waals surface area contributed by atoms with E-state index in [1.165, 1.54) is 0 Å². The molecule has 2 N–H and O–H groups in total. The van der Waals surface area contributed by atoms with Crippen LogP contribution in [0, 0.1) is 0 Å². The zero-order valence-corrected chi connectivity index (χ0v) is 15.0. The predicted octanol–water partition coefficient (Wildman–Crippen LogP) is -9.98. The van der Waals surface area contributed by atoms with Gasteiger partial charge in [0, 0.05) is 12.4 Å². The largest absolute Gasteiger partial charge is 1.00 e. The number of aliphatic hydroxyl groups is 1. The Hall–Kier alpha value is 1.60. The van der Waals surface area contributed by atoms with Gasteiger partial charge in [0.05, 0.1) is 12.4 Å². The molecule has 0 radical (unpaired) electrons. The van der Waals surface area contributed by atoms with Gasteiger partial charge in [0.1, 0.15) is 5.60 Å². The molecule has 1 atom stereocenters. The minimum Gasteiger partial charge on any atom is -0.550 e. The quantitative estimate of drug-likeness (QED) is 0.287. The van der Waals surface area contributed by atoms with Gasteiger partial charge in [-0.3, -0.25) is 0 Å². The van der Waals surface area contributed by atoms with E-state index >= 15 is 0 Å². The van der Waals surface area contributed by atoms with Crippen LogP contribution in [-0.2, 0) is 19.3 Å². The smallest absolute Gasteiger partial charge is 0.550 e. The first kappa shape index (κ1) is 22.8. The number of carboxylic acids is 2. The third kappa shape index (κ3) is 8.66. The summed E-state index contributed by atoms with van der Waals surface area (Å²) in [4.78, 5) is 33.7. The van der Waals surface area contributed by atoms with Crippen LogP contribution in [0.5, 0.6) is 0 Å². The molecule has 0 bridgehead atoms. The molecule has 0 fully saturated rings. The number of carbonyl (C=O) groups excluding carboxylic acids is 3. The molecule has 0 aromatic rings. The summed E-state index contributed by atoms with van der Waals surface area (Å²) in [7, 11) is 0. The van der Waals surface area contributed by atoms with Crippen LogP contribution in [0.1, 0.15) is 12.8 Å². The summed E-state index contributed by atoms with van der Waals surface area (Å²) < 4.78 is 0. The summed E-state index contributed by atoms with van der Waals surface area (Å²) in [6.45, 7) is 0. The number of carbonyl (C=O) groups is 3. The van der Waals surface area contributed by atoms with Crippen molar-refractivity contribution in [1.29, 1.82) is 0 Å². The van der Waals surface area contributed by atoms with E-state index in [0.29, 0.717) is 0 Å². The SMILES string of the molecule is O=C([O-])CC(O)(CC(=O)OO)C(=O)[O-].[K+].[K+]. The Morgan fingerprint density at radius 2 is 1.56 bits per heavy atom. The summed E-state index contributed by atoms with van der Waals surface area (Å²) in [5.41, 5.74) is -2.95. The Balaban J connectivity index is -0.000000845. The van der Waals surface area contributed by atoms with Crippen LogP contribution in [0.15, 0.2) is 0 Å². The van der Waals surface area contributed by atoms with Crippen molar-refractivity contribution in [3.63, 3.8) is 0 Å². The van der Waals surface area contributed by atoms with Gasteiger partial charge in [0.2, 0.25) is 0 Å². The maximum Gasteiger partial charge on any atom is 1.00 e. The van der Waals surface area contributed by atoms with E-state index in [1.807, 2.05) is 0 Å². The molecule has 0 aliphatic heterocycles. The van der Waals surface area contributed by atoms with Gasteiger partial charge in [-0.25, -0.2) is 4.79 Å². The zero-order chi connectivity index (χ0) is 11.4. The third-order valence-electron chi connectivity index (χ3n) is 1.36. The molecule has 0 amide bonds. The maximum atomic E-state index is 10.4. The van der Waals surface area contributed by atoms with Crippen LogP contribution in [0.2, 0.25) is 0 Å². The van der Waals surface area contributed by atoms with Crippen LogP contribution in [0.3, 0.4) is 0 Å². The van der Waals surface area contributed by atoms with Crippen LogP contribution < -0.4 is 113 Å². The van der Waals surface area contributed by atoms with E-state index in [2.05, 4.69) is 4.89 Å². The van der Waals surface area contributed by atoms with Gasteiger partial charge >= 0.3 is 109 Å². The Bertz CT molecular complexity index is 267. The van der Waals surface area contributed by atoms with Crippen molar-refractivity contribution >= 4 is 17.9 Å². The summed E-state index contributed by atoms with van der Waals surface area (Å²) in [5.74, 6) is -5.56. The number of carboxylic acid groups (broad SMARTS) is 2. The Morgan fingerprint density at radius 1 is 1.12 bits per heavy atom. The number of aliphatic carboxylic acids is 2. The van der Waals surface area contributed by atoms with Gasteiger partial charge in [0.25, 0.3) is 0 Å². The van der Waals surface area contributed by atoms with Crippen molar-refractivity contribution in [3.8, 4) is 0 Å². The summed E-state index contributed by atoms with van der Waals surface area (Å²) in [5, 5.41) is 37.1. The molecule has 16 heavy (non-hydrogen) atoms. The third-order valence-corrected chi connectivity index (χ3v) is 1.36. The van der Waals surface area contributed by atoms with E-state index < -0.39 is 36.4 Å². The summed E-state index contributed by atoms with van der Waals surface area (Å²) >= 11 is 0. The molecule has 0 aromatic heterocycles.